The van der Waals surface area contributed by atoms with Crippen molar-refractivity contribution in [3.63, 3.8) is 0 Å². The molecule has 0 amide bonds. The largest absolute Gasteiger partial charge is 1.00 e. The molecule has 0 aromatic heterocycles. The van der Waals surface area contributed by atoms with E-state index < -0.39 is 21.5 Å². The summed E-state index contributed by atoms with van der Waals surface area (Å²) >= 11 is 0. The van der Waals surface area contributed by atoms with Gasteiger partial charge in [-0.15, -0.1) is 0 Å². The third-order valence-corrected chi connectivity index (χ3v) is 6.71. The Balaban J connectivity index is 0. The molecule has 0 radical (unpaired) electrons. The van der Waals surface area contributed by atoms with E-state index in [1.807, 2.05) is 6.92 Å². The zero-order valence-corrected chi connectivity index (χ0v) is 21.8. The van der Waals surface area contributed by atoms with Gasteiger partial charge in [-0.2, -0.15) is 0 Å². The minimum Gasteiger partial charge on any atom is -0.748 e. The molecule has 0 heterocycles. The maximum absolute atomic E-state index is 11.4. The van der Waals surface area contributed by atoms with Crippen molar-refractivity contribution >= 4 is 10.1 Å². The molecule has 0 aromatic rings. The average Bonchev–Trinajstić information content (AvgIpc) is 2.61. The van der Waals surface area contributed by atoms with Crippen LogP contribution < -0.4 is 29.6 Å². The van der Waals surface area contributed by atoms with Gasteiger partial charge in [0.25, 0.3) is 0 Å². The first-order valence-electron chi connectivity index (χ1n) is 11.5. The van der Waals surface area contributed by atoms with Gasteiger partial charge < -0.3 is 9.66 Å². The van der Waals surface area contributed by atoms with Crippen LogP contribution in [0, 0.1) is 0 Å². The first kappa shape index (κ1) is 31.1. The topological polar surface area (TPSA) is 77.4 Å². The number of hydrogen-bond acceptors (Lipinski definition) is 4. The van der Waals surface area contributed by atoms with E-state index in [0.717, 1.165) is 32.1 Å². The van der Waals surface area contributed by atoms with Crippen molar-refractivity contribution in [2.75, 3.05) is 0 Å². The molecule has 0 aromatic carbocycles. The van der Waals surface area contributed by atoms with Gasteiger partial charge in [0.1, 0.15) is 0 Å². The predicted octanol–water partition coefficient (Wildman–Crippen LogP) is 3.33. The number of hydrogen-bond donors (Lipinski definition) is 1. The molecule has 0 aliphatic heterocycles. The summed E-state index contributed by atoms with van der Waals surface area (Å²) < 4.78 is 34.3. The molecule has 2 atom stereocenters. The maximum Gasteiger partial charge on any atom is 1.00 e. The van der Waals surface area contributed by atoms with Crippen LogP contribution in [0.25, 0.3) is 0 Å². The number of aliphatic hydroxyl groups is 1. The molecule has 0 spiro atoms. The Bertz CT molecular complexity index is 415. The zero-order chi connectivity index (χ0) is 20.4. The molecule has 0 saturated carbocycles. The Kier molecular flexibility index (Phi) is 23.4. The van der Waals surface area contributed by atoms with Crippen molar-refractivity contribution in [2.24, 2.45) is 0 Å². The van der Waals surface area contributed by atoms with E-state index in [0.29, 0.717) is 12.8 Å². The molecule has 164 valence electrons. The molecule has 0 aliphatic carbocycles. The van der Waals surface area contributed by atoms with Crippen LogP contribution in [-0.2, 0) is 10.1 Å². The number of aliphatic hydroxyl groups excluding tert-OH is 1. The van der Waals surface area contributed by atoms with Gasteiger partial charge in [-0.1, -0.05) is 110 Å². The molecule has 4 nitrogen and oxygen atoms in total. The second-order valence-corrected chi connectivity index (χ2v) is 9.83. The standard InChI is InChI=1S/C22H46O4S.Na/c1-3-5-7-8-9-10-11-12-13-14-15-16-17-19-22(27(24,25)26)20-21(23)18-6-4-2;/h21-23H,3-20H2,1-2H3,(H,24,25,26);/q;+1/p-1. The van der Waals surface area contributed by atoms with Gasteiger partial charge in [0.05, 0.1) is 21.5 Å². The summed E-state index contributed by atoms with van der Waals surface area (Å²) in [5, 5.41) is 9.00. The second-order valence-electron chi connectivity index (χ2n) is 8.18. The zero-order valence-electron chi connectivity index (χ0n) is 19.0. The van der Waals surface area contributed by atoms with Crippen LogP contribution in [0.3, 0.4) is 0 Å². The van der Waals surface area contributed by atoms with E-state index in [2.05, 4.69) is 6.92 Å². The van der Waals surface area contributed by atoms with Crippen LogP contribution >= 0.6 is 0 Å². The minimum absolute atomic E-state index is 0. The molecule has 6 heteroatoms. The summed E-state index contributed by atoms with van der Waals surface area (Å²) in [5.41, 5.74) is 0. The van der Waals surface area contributed by atoms with Gasteiger partial charge >= 0.3 is 29.6 Å². The monoisotopic (exact) mass is 428 g/mol. The molecular formula is C22H45NaO4S. The van der Waals surface area contributed by atoms with Crippen molar-refractivity contribution in [3.8, 4) is 0 Å². The fourth-order valence-electron chi connectivity index (χ4n) is 3.63. The van der Waals surface area contributed by atoms with Gasteiger partial charge in [0.2, 0.25) is 0 Å². The van der Waals surface area contributed by atoms with Crippen molar-refractivity contribution in [1.82, 2.24) is 0 Å². The van der Waals surface area contributed by atoms with Gasteiger partial charge in [0.15, 0.2) is 0 Å². The van der Waals surface area contributed by atoms with Crippen LogP contribution in [0.1, 0.15) is 129 Å². The van der Waals surface area contributed by atoms with E-state index in [4.69, 9.17) is 0 Å². The van der Waals surface area contributed by atoms with Crippen molar-refractivity contribution < 1.29 is 47.6 Å². The van der Waals surface area contributed by atoms with Crippen LogP contribution in [0.2, 0.25) is 0 Å². The Morgan fingerprint density at radius 1 is 0.679 bits per heavy atom. The minimum atomic E-state index is -4.31. The molecule has 0 bridgehead atoms. The Morgan fingerprint density at radius 2 is 1.07 bits per heavy atom. The third-order valence-electron chi connectivity index (χ3n) is 5.46. The van der Waals surface area contributed by atoms with Gasteiger partial charge in [-0.3, -0.25) is 0 Å². The van der Waals surface area contributed by atoms with Crippen molar-refractivity contribution in [1.29, 1.82) is 0 Å². The summed E-state index contributed by atoms with van der Waals surface area (Å²) in [6.07, 6.45) is 18.4. The van der Waals surface area contributed by atoms with Crippen LogP contribution in [0.5, 0.6) is 0 Å². The Morgan fingerprint density at radius 3 is 1.46 bits per heavy atom. The smallest absolute Gasteiger partial charge is 0.748 e. The summed E-state index contributed by atoms with van der Waals surface area (Å²) in [7, 11) is -4.31. The SMILES string of the molecule is CCCCCCCCCCCCCCCC(CC(O)CCCC)S(=O)(=O)[O-].[Na+]. The third kappa shape index (κ3) is 20.2. The number of rotatable bonds is 20. The van der Waals surface area contributed by atoms with E-state index >= 15 is 0 Å². The molecular weight excluding hydrogens is 383 g/mol. The molecule has 1 N–H and O–H groups in total. The van der Waals surface area contributed by atoms with E-state index in [9.17, 15) is 18.1 Å². The predicted molar refractivity (Wildman–Crippen MR) is 114 cm³/mol. The fourth-order valence-corrected chi connectivity index (χ4v) is 4.54. The van der Waals surface area contributed by atoms with Crippen LogP contribution in [0.15, 0.2) is 0 Å². The van der Waals surface area contributed by atoms with Crippen LogP contribution in [-0.4, -0.2) is 29.4 Å². The summed E-state index contributed by atoms with van der Waals surface area (Å²) in [6, 6.07) is 0. The summed E-state index contributed by atoms with van der Waals surface area (Å²) in [5.74, 6) is 0. The molecule has 0 rings (SSSR count). The normalized spacial score (nSPS) is 13.9. The quantitative estimate of drug-likeness (QED) is 0.183. The first-order chi connectivity index (χ1) is 12.9. The van der Waals surface area contributed by atoms with E-state index in [1.165, 1.54) is 64.2 Å². The molecule has 0 fully saturated rings. The average molecular weight is 429 g/mol. The second kappa shape index (κ2) is 21.1. The van der Waals surface area contributed by atoms with E-state index in [-0.39, 0.29) is 36.0 Å². The molecule has 0 aliphatic rings. The van der Waals surface area contributed by atoms with Crippen molar-refractivity contribution in [2.45, 2.75) is 141 Å². The fraction of sp³-hybridized carbons (Fsp3) is 1.00. The molecule has 2 unspecified atom stereocenters. The first-order valence-corrected chi connectivity index (χ1v) is 13.0. The van der Waals surface area contributed by atoms with E-state index in [1.54, 1.807) is 0 Å². The molecule has 28 heavy (non-hydrogen) atoms. The summed E-state index contributed by atoms with van der Waals surface area (Å²) in [6.45, 7) is 4.28. The van der Waals surface area contributed by atoms with Crippen LogP contribution in [0.4, 0.5) is 0 Å². The van der Waals surface area contributed by atoms with Crippen molar-refractivity contribution in [3.05, 3.63) is 0 Å². The Labute approximate surface area is 197 Å². The summed E-state index contributed by atoms with van der Waals surface area (Å²) in [4.78, 5) is 0. The van der Waals surface area contributed by atoms with Gasteiger partial charge in [0, 0.05) is 0 Å². The maximum atomic E-state index is 11.4. The Hall–Kier alpha value is 0.870. The number of unbranched alkanes of at least 4 members (excludes halogenated alkanes) is 13. The van der Waals surface area contributed by atoms with Gasteiger partial charge in [-0.05, 0) is 19.3 Å². The van der Waals surface area contributed by atoms with Gasteiger partial charge in [-0.25, -0.2) is 8.42 Å². The molecule has 0 saturated heterocycles.